The van der Waals surface area contributed by atoms with Gasteiger partial charge in [-0.15, -0.1) is 11.3 Å². The third kappa shape index (κ3) is 3.73. The van der Waals surface area contributed by atoms with Gasteiger partial charge in [0.05, 0.1) is 17.0 Å². The third-order valence-electron chi connectivity index (χ3n) is 4.50. The van der Waals surface area contributed by atoms with Gasteiger partial charge in [-0.3, -0.25) is 9.20 Å². The van der Waals surface area contributed by atoms with Crippen LogP contribution in [0.4, 0.5) is 0 Å². The van der Waals surface area contributed by atoms with Crippen LogP contribution in [0, 0.1) is 0 Å². The minimum Gasteiger partial charge on any atom is -0.340 e. The van der Waals surface area contributed by atoms with Crippen molar-refractivity contribution in [2.75, 3.05) is 26.2 Å². The lowest BCUT2D eigenvalue weighted by Crippen LogP contribution is -2.50. The number of benzene rings is 1. The minimum absolute atomic E-state index is 0.0412. The lowest BCUT2D eigenvalue weighted by Gasteiger charge is -2.34. The Labute approximate surface area is 165 Å². The maximum atomic E-state index is 12.7. The highest BCUT2D eigenvalue weighted by Crippen LogP contribution is 2.21. The molecule has 1 aromatic carbocycles. The van der Waals surface area contributed by atoms with Crippen LogP contribution in [0.5, 0.6) is 0 Å². The number of fused-ring (bicyclic) bond motifs is 1. The molecule has 1 aliphatic rings. The molecule has 10 heteroatoms. The van der Waals surface area contributed by atoms with Gasteiger partial charge in [-0.1, -0.05) is 17.7 Å². The molecule has 1 amide bonds. The van der Waals surface area contributed by atoms with Crippen LogP contribution in [0.25, 0.3) is 4.96 Å². The molecule has 0 radical (unpaired) electrons. The van der Waals surface area contributed by atoms with E-state index in [4.69, 9.17) is 11.6 Å². The number of aromatic nitrogens is 2. The van der Waals surface area contributed by atoms with Crippen LogP contribution in [0.2, 0.25) is 5.02 Å². The molecule has 3 heterocycles. The van der Waals surface area contributed by atoms with Gasteiger partial charge in [0.25, 0.3) is 0 Å². The number of amides is 1. The summed E-state index contributed by atoms with van der Waals surface area (Å²) >= 11 is 7.43. The van der Waals surface area contributed by atoms with Crippen molar-refractivity contribution in [1.82, 2.24) is 18.6 Å². The molecule has 1 saturated heterocycles. The smallest absolute Gasteiger partial charge is 0.243 e. The largest absolute Gasteiger partial charge is 0.340 e. The van der Waals surface area contributed by atoms with Crippen LogP contribution >= 0.6 is 22.9 Å². The van der Waals surface area contributed by atoms with E-state index in [0.29, 0.717) is 18.1 Å². The van der Waals surface area contributed by atoms with E-state index in [9.17, 15) is 13.2 Å². The van der Waals surface area contributed by atoms with Crippen LogP contribution < -0.4 is 0 Å². The molecule has 142 valence electrons. The fourth-order valence-electron chi connectivity index (χ4n) is 3.08. The second kappa shape index (κ2) is 7.23. The first kappa shape index (κ1) is 18.4. The molecular formula is C17H17ClN4O3S2. The van der Waals surface area contributed by atoms with Crippen LogP contribution in [-0.4, -0.2) is 59.1 Å². The van der Waals surface area contributed by atoms with E-state index in [1.54, 1.807) is 17.0 Å². The predicted molar refractivity (Wildman–Crippen MR) is 104 cm³/mol. The number of thiazole rings is 1. The zero-order valence-corrected chi connectivity index (χ0v) is 16.7. The fourth-order valence-corrected chi connectivity index (χ4v) is 5.52. The Balaban J connectivity index is 1.39. The first-order valence-electron chi connectivity index (χ1n) is 8.38. The Morgan fingerprint density at radius 1 is 1.22 bits per heavy atom. The fraction of sp³-hybridized carbons (Fsp3) is 0.294. The number of rotatable bonds is 4. The summed E-state index contributed by atoms with van der Waals surface area (Å²) in [6.45, 7) is 1.25. The van der Waals surface area contributed by atoms with E-state index >= 15 is 0 Å². The topological polar surface area (TPSA) is 75.0 Å². The van der Waals surface area contributed by atoms with Crippen LogP contribution in [0.1, 0.15) is 5.69 Å². The monoisotopic (exact) mass is 424 g/mol. The SMILES string of the molecule is O=C(Cc1cn2ccsc2n1)N1CCN(S(=O)(=O)c2cccc(Cl)c2)CC1. The lowest BCUT2D eigenvalue weighted by molar-refractivity contribution is -0.131. The van der Waals surface area contributed by atoms with Crippen molar-refractivity contribution in [2.45, 2.75) is 11.3 Å². The quantitative estimate of drug-likeness (QED) is 0.643. The molecule has 27 heavy (non-hydrogen) atoms. The Morgan fingerprint density at radius 2 is 2.00 bits per heavy atom. The number of hydrogen-bond acceptors (Lipinski definition) is 5. The van der Waals surface area contributed by atoms with Crippen molar-refractivity contribution in [1.29, 1.82) is 0 Å². The number of halogens is 1. The summed E-state index contributed by atoms with van der Waals surface area (Å²) in [6, 6.07) is 6.23. The zero-order chi connectivity index (χ0) is 19.0. The van der Waals surface area contributed by atoms with Crippen molar-refractivity contribution in [2.24, 2.45) is 0 Å². The van der Waals surface area contributed by atoms with E-state index in [-0.39, 0.29) is 30.3 Å². The van der Waals surface area contributed by atoms with Gasteiger partial charge in [0.1, 0.15) is 0 Å². The van der Waals surface area contributed by atoms with Crippen molar-refractivity contribution in [3.8, 4) is 0 Å². The van der Waals surface area contributed by atoms with Crippen LogP contribution in [0.15, 0.2) is 46.9 Å². The number of sulfonamides is 1. The number of nitrogens with zero attached hydrogens (tertiary/aromatic N) is 4. The molecule has 0 spiro atoms. The van der Waals surface area contributed by atoms with Gasteiger partial charge >= 0.3 is 0 Å². The Kier molecular flexibility index (Phi) is 4.94. The Hall–Kier alpha value is -1.94. The van der Waals surface area contributed by atoms with Crippen LogP contribution in [0.3, 0.4) is 0 Å². The van der Waals surface area contributed by atoms with Gasteiger partial charge in [0.2, 0.25) is 15.9 Å². The molecule has 0 aliphatic carbocycles. The summed E-state index contributed by atoms with van der Waals surface area (Å²) in [7, 11) is -3.61. The third-order valence-corrected chi connectivity index (χ3v) is 7.40. The molecular weight excluding hydrogens is 408 g/mol. The van der Waals surface area contributed by atoms with E-state index < -0.39 is 10.0 Å². The average molecular weight is 425 g/mol. The van der Waals surface area contributed by atoms with Gasteiger partial charge in [-0.2, -0.15) is 4.31 Å². The summed E-state index contributed by atoms with van der Waals surface area (Å²) in [5.74, 6) is -0.0412. The highest BCUT2D eigenvalue weighted by atomic mass is 35.5. The number of piperazine rings is 1. The number of hydrogen-bond donors (Lipinski definition) is 0. The summed E-state index contributed by atoms with van der Waals surface area (Å²) < 4.78 is 28.7. The van der Waals surface area contributed by atoms with Gasteiger partial charge in [0.15, 0.2) is 4.96 Å². The van der Waals surface area contributed by atoms with Crippen molar-refractivity contribution in [3.05, 3.63) is 52.8 Å². The van der Waals surface area contributed by atoms with Gasteiger partial charge in [-0.05, 0) is 18.2 Å². The van der Waals surface area contributed by atoms with Crippen LogP contribution in [-0.2, 0) is 21.2 Å². The second-order valence-electron chi connectivity index (χ2n) is 6.24. The molecule has 0 bridgehead atoms. The minimum atomic E-state index is -3.61. The first-order valence-corrected chi connectivity index (χ1v) is 11.1. The van der Waals surface area contributed by atoms with E-state index in [1.807, 2.05) is 22.2 Å². The normalized spacial score (nSPS) is 16.1. The van der Waals surface area contributed by atoms with E-state index in [1.165, 1.54) is 27.8 Å². The maximum absolute atomic E-state index is 12.7. The van der Waals surface area contributed by atoms with E-state index in [2.05, 4.69) is 4.98 Å². The standard InChI is InChI=1S/C17H17ClN4O3S2/c18-13-2-1-3-15(10-13)27(24,25)22-6-4-20(5-7-22)16(23)11-14-12-21-8-9-26-17(21)19-14/h1-3,8-10,12H,4-7,11H2. The molecule has 0 saturated carbocycles. The van der Waals surface area contributed by atoms with Gasteiger partial charge in [-0.25, -0.2) is 13.4 Å². The summed E-state index contributed by atoms with van der Waals surface area (Å²) in [5.41, 5.74) is 0.723. The zero-order valence-electron chi connectivity index (χ0n) is 14.3. The molecule has 0 N–H and O–H groups in total. The molecule has 2 aromatic heterocycles. The molecule has 1 fully saturated rings. The predicted octanol–water partition coefficient (Wildman–Crippen LogP) is 2.12. The number of carbonyl (C=O) groups is 1. The van der Waals surface area contributed by atoms with Crippen molar-refractivity contribution < 1.29 is 13.2 Å². The van der Waals surface area contributed by atoms with Crippen molar-refractivity contribution >= 4 is 43.8 Å². The van der Waals surface area contributed by atoms with E-state index in [0.717, 1.165) is 10.7 Å². The molecule has 3 aromatic rings. The Morgan fingerprint density at radius 3 is 2.70 bits per heavy atom. The van der Waals surface area contributed by atoms with Crippen molar-refractivity contribution in [3.63, 3.8) is 0 Å². The van der Waals surface area contributed by atoms with Gasteiger partial charge < -0.3 is 4.90 Å². The maximum Gasteiger partial charge on any atom is 0.243 e. The molecule has 1 aliphatic heterocycles. The molecule has 7 nitrogen and oxygen atoms in total. The molecule has 0 atom stereocenters. The highest BCUT2D eigenvalue weighted by molar-refractivity contribution is 7.89. The summed E-state index contributed by atoms with van der Waals surface area (Å²) in [4.78, 5) is 19.7. The summed E-state index contributed by atoms with van der Waals surface area (Å²) in [5, 5.41) is 2.32. The second-order valence-corrected chi connectivity index (χ2v) is 9.49. The van der Waals surface area contributed by atoms with Gasteiger partial charge in [0, 0.05) is 49.0 Å². The average Bonchev–Trinajstić information content (AvgIpc) is 3.23. The Bertz CT molecular complexity index is 1060. The number of imidazole rings is 1. The highest BCUT2D eigenvalue weighted by Gasteiger charge is 2.30. The lowest BCUT2D eigenvalue weighted by atomic mass is 10.2. The first-order chi connectivity index (χ1) is 12.9. The number of carbonyl (C=O) groups excluding carboxylic acids is 1. The summed E-state index contributed by atoms with van der Waals surface area (Å²) in [6.07, 6.45) is 3.97. The molecule has 4 rings (SSSR count). The molecule has 0 unspecified atom stereocenters.